The average Bonchev–Trinajstić information content (AvgIpc) is 3.18. The van der Waals surface area contributed by atoms with E-state index < -0.39 is 36.2 Å². The van der Waals surface area contributed by atoms with Gasteiger partial charge in [-0.15, -0.1) is 0 Å². The number of carboxylic acids is 1. The Balaban J connectivity index is 1.49. The molecule has 0 aliphatic heterocycles. The van der Waals surface area contributed by atoms with Gasteiger partial charge in [-0.2, -0.15) is 0 Å². The van der Waals surface area contributed by atoms with Gasteiger partial charge in [-0.1, -0.05) is 78.9 Å². The second kappa shape index (κ2) is 10.4. The molecule has 0 radical (unpaired) electrons. The van der Waals surface area contributed by atoms with Gasteiger partial charge in [0.15, 0.2) is 6.04 Å². The van der Waals surface area contributed by atoms with Gasteiger partial charge in [-0.25, -0.2) is 9.59 Å². The topological polar surface area (TPSA) is 125 Å². The SMILES string of the molecule is C[C@@H](O)[C@H](NC(=O)[C@H](NC(=O)OCC1c2ccccc2-c2ccccc21)c1ccccc1)C(=O)O. The molecule has 0 bridgehead atoms. The summed E-state index contributed by atoms with van der Waals surface area (Å²) in [6.07, 6.45) is -2.15. The molecule has 0 unspecified atom stereocenters. The molecule has 1 aliphatic carbocycles. The van der Waals surface area contributed by atoms with Crippen LogP contribution in [-0.2, 0) is 14.3 Å². The van der Waals surface area contributed by atoms with Crippen molar-refractivity contribution in [1.82, 2.24) is 10.6 Å². The third-order valence-electron chi connectivity index (χ3n) is 6.05. The Labute approximate surface area is 202 Å². The number of carboxylic acid groups (broad SMARTS) is 1. The van der Waals surface area contributed by atoms with Crippen molar-refractivity contribution in [2.45, 2.75) is 31.0 Å². The number of hydrogen-bond donors (Lipinski definition) is 4. The van der Waals surface area contributed by atoms with Gasteiger partial charge in [0.05, 0.1) is 6.10 Å². The van der Waals surface area contributed by atoms with Crippen molar-refractivity contribution in [1.29, 1.82) is 0 Å². The van der Waals surface area contributed by atoms with Gasteiger partial charge >= 0.3 is 12.1 Å². The molecule has 3 aromatic carbocycles. The molecule has 8 heteroatoms. The molecule has 8 nitrogen and oxygen atoms in total. The minimum Gasteiger partial charge on any atom is -0.480 e. The molecule has 180 valence electrons. The highest BCUT2D eigenvalue weighted by Gasteiger charge is 2.32. The maximum atomic E-state index is 12.9. The van der Waals surface area contributed by atoms with E-state index in [0.717, 1.165) is 22.3 Å². The molecule has 0 heterocycles. The summed E-state index contributed by atoms with van der Waals surface area (Å²) in [6.45, 7) is 1.32. The minimum atomic E-state index is -1.53. The molecule has 35 heavy (non-hydrogen) atoms. The van der Waals surface area contributed by atoms with Gasteiger partial charge in [0.1, 0.15) is 12.6 Å². The highest BCUT2D eigenvalue weighted by Crippen LogP contribution is 2.44. The molecule has 3 aromatic rings. The molecule has 0 fully saturated rings. The number of alkyl carbamates (subject to hydrolysis) is 1. The molecule has 0 saturated carbocycles. The van der Waals surface area contributed by atoms with Crippen LogP contribution in [0.3, 0.4) is 0 Å². The van der Waals surface area contributed by atoms with E-state index >= 15 is 0 Å². The molecular weight excluding hydrogens is 448 g/mol. The van der Waals surface area contributed by atoms with E-state index in [2.05, 4.69) is 10.6 Å². The number of aliphatic carboxylic acids is 1. The molecule has 0 spiro atoms. The van der Waals surface area contributed by atoms with Crippen LogP contribution in [0.1, 0.15) is 35.6 Å². The van der Waals surface area contributed by atoms with Crippen molar-refractivity contribution in [3.63, 3.8) is 0 Å². The molecule has 1 aliphatic rings. The van der Waals surface area contributed by atoms with Crippen LogP contribution in [0.15, 0.2) is 78.9 Å². The highest BCUT2D eigenvalue weighted by atomic mass is 16.5. The van der Waals surface area contributed by atoms with Gasteiger partial charge in [0, 0.05) is 5.92 Å². The number of amides is 2. The van der Waals surface area contributed by atoms with Crippen LogP contribution in [0.5, 0.6) is 0 Å². The number of aliphatic hydroxyl groups is 1. The van der Waals surface area contributed by atoms with Crippen molar-refractivity contribution >= 4 is 18.0 Å². The zero-order valence-corrected chi connectivity index (χ0v) is 19.0. The molecular formula is C27H26N2O6. The number of benzene rings is 3. The fraction of sp³-hybridized carbons (Fsp3) is 0.222. The number of rotatable bonds is 8. The predicted molar refractivity (Wildman–Crippen MR) is 129 cm³/mol. The lowest BCUT2D eigenvalue weighted by Crippen LogP contribution is -2.51. The van der Waals surface area contributed by atoms with E-state index in [1.807, 2.05) is 48.5 Å². The maximum Gasteiger partial charge on any atom is 0.408 e. The van der Waals surface area contributed by atoms with Crippen LogP contribution >= 0.6 is 0 Å². The molecule has 0 aromatic heterocycles. The lowest BCUT2D eigenvalue weighted by molar-refractivity contribution is -0.145. The van der Waals surface area contributed by atoms with Crippen molar-refractivity contribution < 1.29 is 29.3 Å². The molecule has 4 N–H and O–H groups in total. The Bertz CT molecular complexity index is 1180. The van der Waals surface area contributed by atoms with Crippen molar-refractivity contribution in [3.05, 3.63) is 95.6 Å². The van der Waals surface area contributed by atoms with E-state index in [9.17, 15) is 24.6 Å². The summed E-state index contributed by atoms with van der Waals surface area (Å²) in [5, 5.41) is 23.9. The first kappa shape index (κ1) is 24.0. The fourth-order valence-electron chi connectivity index (χ4n) is 4.33. The van der Waals surface area contributed by atoms with Crippen LogP contribution in [0, 0.1) is 0 Å². The smallest absolute Gasteiger partial charge is 0.408 e. The van der Waals surface area contributed by atoms with E-state index in [4.69, 9.17) is 4.74 Å². The van der Waals surface area contributed by atoms with E-state index in [1.54, 1.807) is 30.3 Å². The number of carbonyl (C=O) groups excluding carboxylic acids is 2. The number of hydrogen-bond acceptors (Lipinski definition) is 5. The van der Waals surface area contributed by atoms with E-state index in [0.29, 0.717) is 5.56 Å². The number of fused-ring (bicyclic) bond motifs is 3. The third kappa shape index (κ3) is 5.17. The Morgan fingerprint density at radius 3 is 1.94 bits per heavy atom. The van der Waals surface area contributed by atoms with Crippen LogP contribution in [-0.4, -0.2) is 46.9 Å². The second-order valence-electron chi connectivity index (χ2n) is 8.38. The van der Waals surface area contributed by atoms with Gasteiger partial charge in [0.25, 0.3) is 0 Å². The number of carbonyl (C=O) groups is 3. The summed E-state index contributed by atoms with van der Waals surface area (Å²) < 4.78 is 5.55. The van der Waals surface area contributed by atoms with Crippen LogP contribution in [0.25, 0.3) is 11.1 Å². The van der Waals surface area contributed by atoms with Crippen LogP contribution < -0.4 is 10.6 Å². The number of aliphatic hydroxyl groups excluding tert-OH is 1. The Kier molecular flexibility index (Phi) is 7.12. The molecule has 0 saturated heterocycles. The minimum absolute atomic E-state index is 0.0639. The predicted octanol–water partition coefficient (Wildman–Crippen LogP) is 3.22. The Morgan fingerprint density at radius 1 is 0.857 bits per heavy atom. The fourth-order valence-corrected chi connectivity index (χ4v) is 4.33. The normalized spacial score (nSPS) is 14.7. The van der Waals surface area contributed by atoms with Crippen molar-refractivity contribution in [3.8, 4) is 11.1 Å². The van der Waals surface area contributed by atoms with Crippen molar-refractivity contribution in [2.24, 2.45) is 0 Å². The first-order valence-corrected chi connectivity index (χ1v) is 11.2. The first-order valence-electron chi connectivity index (χ1n) is 11.2. The van der Waals surface area contributed by atoms with Gasteiger partial charge in [0.2, 0.25) is 5.91 Å². The quantitative estimate of drug-likeness (QED) is 0.397. The Morgan fingerprint density at radius 2 is 1.40 bits per heavy atom. The molecule has 4 rings (SSSR count). The summed E-state index contributed by atoms with van der Waals surface area (Å²) in [6, 6.07) is 21.5. The summed E-state index contributed by atoms with van der Waals surface area (Å²) in [4.78, 5) is 37.1. The zero-order valence-electron chi connectivity index (χ0n) is 19.0. The van der Waals surface area contributed by atoms with Gasteiger partial charge < -0.3 is 25.6 Å². The number of nitrogens with one attached hydrogen (secondary N) is 2. The summed E-state index contributed by atoms with van der Waals surface area (Å²) in [5.74, 6) is -2.32. The summed E-state index contributed by atoms with van der Waals surface area (Å²) in [5.41, 5.74) is 4.74. The number of ether oxygens (including phenoxy) is 1. The third-order valence-corrected chi connectivity index (χ3v) is 6.05. The van der Waals surface area contributed by atoms with Crippen LogP contribution in [0.4, 0.5) is 4.79 Å². The van der Waals surface area contributed by atoms with Crippen molar-refractivity contribution in [2.75, 3.05) is 6.61 Å². The first-order chi connectivity index (χ1) is 16.9. The Hall–Kier alpha value is -4.17. The van der Waals surface area contributed by atoms with Gasteiger partial charge in [-0.05, 0) is 34.7 Å². The van der Waals surface area contributed by atoms with Gasteiger partial charge in [-0.3, -0.25) is 4.79 Å². The molecule has 3 atom stereocenters. The summed E-state index contributed by atoms with van der Waals surface area (Å²) >= 11 is 0. The lowest BCUT2D eigenvalue weighted by Gasteiger charge is -2.23. The monoisotopic (exact) mass is 474 g/mol. The zero-order chi connectivity index (χ0) is 24.9. The van der Waals surface area contributed by atoms with E-state index in [-0.39, 0.29) is 12.5 Å². The van der Waals surface area contributed by atoms with Crippen LogP contribution in [0.2, 0.25) is 0 Å². The average molecular weight is 475 g/mol. The van der Waals surface area contributed by atoms with E-state index in [1.165, 1.54) is 6.92 Å². The highest BCUT2D eigenvalue weighted by molar-refractivity contribution is 5.90. The maximum absolute atomic E-state index is 12.9. The summed E-state index contributed by atoms with van der Waals surface area (Å²) in [7, 11) is 0. The largest absolute Gasteiger partial charge is 0.480 e. The second-order valence-corrected chi connectivity index (χ2v) is 8.38. The standard InChI is InChI=1S/C27H26N2O6/c1-16(30)23(26(32)33)28-25(31)24(17-9-3-2-4-10-17)29-27(34)35-15-22-20-13-7-5-11-18(20)19-12-6-8-14-21(19)22/h2-14,16,22-24,30H,15H2,1H3,(H,28,31)(H,29,34)(H,32,33)/t16-,23+,24-/m1/s1. The molecule has 2 amide bonds. The lowest BCUT2D eigenvalue weighted by atomic mass is 9.98.